The van der Waals surface area contributed by atoms with E-state index in [1.165, 1.54) is 0 Å². The Hall–Kier alpha value is -0.940. The second-order valence-corrected chi connectivity index (χ2v) is 3.56. The first-order valence-corrected chi connectivity index (χ1v) is 4.46. The fourth-order valence-electron chi connectivity index (χ4n) is 1.04. The molecule has 0 aliphatic heterocycles. The van der Waals surface area contributed by atoms with Crippen LogP contribution in [0.1, 0.15) is 26.7 Å². The molecule has 0 radical (unpaired) electrons. The van der Waals surface area contributed by atoms with Crippen LogP contribution in [0.4, 0.5) is 0 Å². The van der Waals surface area contributed by atoms with Gasteiger partial charge in [0.1, 0.15) is 6.10 Å². The third-order valence-electron chi connectivity index (χ3n) is 1.80. The quantitative estimate of drug-likeness (QED) is 0.557. The van der Waals surface area contributed by atoms with Crippen LogP contribution in [0.3, 0.4) is 0 Å². The van der Waals surface area contributed by atoms with Crippen LogP contribution in [0.2, 0.25) is 0 Å². The van der Waals surface area contributed by atoms with E-state index in [-0.39, 0.29) is 18.1 Å². The van der Waals surface area contributed by atoms with Crippen LogP contribution >= 0.6 is 0 Å². The van der Waals surface area contributed by atoms with Gasteiger partial charge in [0.2, 0.25) is 0 Å². The number of aliphatic hydroxyl groups is 2. The Kier molecular flexibility index (Phi) is 5.34. The van der Waals surface area contributed by atoms with Crippen molar-refractivity contribution >= 4 is 11.8 Å². The molecule has 5 nitrogen and oxygen atoms in total. The van der Waals surface area contributed by atoms with Gasteiger partial charge in [0, 0.05) is 12.3 Å². The molecule has 0 fully saturated rings. The summed E-state index contributed by atoms with van der Waals surface area (Å²) in [6, 6.07) is 0. The zero-order chi connectivity index (χ0) is 11.3. The van der Waals surface area contributed by atoms with E-state index in [1.54, 1.807) is 13.8 Å². The minimum Gasteiger partial charge on any atom is -0.481 e. The Morgan fingerprint density at radius 1 is 1.21 bits per heavy atom. The molecule has 0 aliphatic carbocycles. The summed E-state index contributed by atoms with van der Waals surface area (Å²) in [5, 5.41) is 26.7. The van der Waals surface area contributed by atoms with Crippen LogP contribution in [-0.2, 0) is 9.59 Å². The second-order valence-electron chi connectivity index (χ2n) is 3.56. The molecule has 14 heavy (non-hydrogen) atoms. The topological polar surface area (TPSA) is 94.8 Å². The summed E-state index contributed by atoms with van der Waals surface area (Å²) in [7, 11) is 0. The zero-order valence-electron chi connectivity index (χ0n) is 8.30. The number of ketones is 1. The molecule has 0 amide bonds. The molecule has 5 heteroatoms. The molecule has 0 saturated carbocycles. The molecular formula is C9H16O5. The van der Waals surface area contributed by atoms with Gasteiger partial charge in [-0.25, -0.2) is 0 Å². The van der Waals surface area contributed by atoms with E-state index in [0.717, 1.165) is 0 Å². The summed E-state index contributed by atoms with van der Waals surface area (Å²) < 4.78 is 0. The Bertz CT molecular complexity index is 211. The highest BCUT2D eigenvalue weighted by Crippen LogP contribution is 2.08. The molecule has 0 saturated heterocycles. The summed E-state index contributed by atoms with van der Waals surface area (Å²) in [5.74, 6) is -1.85. The van der Waals surface area contributed by atoms with E-state index in [0.29, 0.717) is 0 Å². The number of hydrogen-bond acceptors (Lipinski definition) is 4. The molecule has 2 atom stereocenters. The maximum Gasteiger partial charge on any atom is 0.305 e. The van der Waals surface area contributed by atoms with Gasteiger partial charge in [0.05, 0.1) is 12.5 Å². The van der Waals surface area contributed by atoms with Crippen LogP contribution < -0.4 is 0 Å². The number of carboxylic acids is 1. The van der Waals surface area contributed by atoms with Crippen molar-refractivity contribution in [1.29, 1.82) is 0 Å². The van der Waals surface area contributed by atoms with Gasteiger partial charge in [0.15, 0.2) is 5.78 Å². The zero-order valence-corrected chi connectivity index (χ0v) is 8.30. The van der Waals surface area contributed by atoms with Crippen molar-refractivity contribution in [2.45, 2.75) is 38.9 Å². The number of aliphatic hydroxyl groups excluding tert-OH is 2. The van der Waals surface area contributed by atoms with Gasteiger partial charge < -0.3 is 15.3 Å². The van der Waals surface area contributed by atoms with Gasteiger partial charge in [-0.05, 0) is 0 Å². The van der Waals surface area contributed by atoms with Crippen LogP contribution in [-0.4, -0.2) is 39.3 Å². The van der Waals surface area contributed by atoms with Gasteiger partial charge in [-0.1, -0.05) is 13.8 Å². The van der Waals surface area contributed by atoms with Gasteiger partial charge >= 0.3 is 5.97 Å². The minimum absolute atomic E-state index is 0.219. The summed E-state index contributed by atoms with van der Waals surface area (Å²) in [6.45, 7) is 3.27. The maximum absolute atomic E-state index is 11.2. The number of hydrogen-bond donors (Lipinski definition) is 3. The lowest BCUT2D eigenvalue weighted by Crippen LogP contribution is -2.30. The lowest BCUT2D eigenvalue weighted by molar-refractivity contribution is -0.141. The average Bonchev–Trinajstić information content (AvgIpc) is 2.00. The summed E-state index contributed by atoms with van der Waals surface area (Å²) in [5.41, 5.74) is 0. The third kappa shape index (κ3) is 4.94. The van der Waals surface area contributed by atoms with E-state index in [4.69, 9.17) is 10.2 Å². The Balaban J connectivity index is 3.99. The summed E-state index contributed by atoms with van der Waals surface area (Å²) >= 11 is 0. The largest absolute Gasteiger partial charge is 0.481 e. The fourth-order valence-corrected chi connectivity index (χ4v) is 1.04. The minimum atomic E-state index is -1.27. The molecule has 82 valence electrons. The maximum atomic E-state index is 11.2. The van der Waals surface area contributed by atoms with Crippen LogP contribution in [0, 0.1) is 5.92 Å². The molecule has 0 unspecified atom stereocenters. The Labute approximate surface area is 82.4 Å². The molecule has 3 N–H and O–H groups in total. The van der Waals surface area contributed by atoms with E-state index >= 15 is 0 Å². The lowest BCUT2D eigenvalue weighted by atomic mass is 9.98. The number of rotatable bonds is 6. The molecule has 0 aromatic rings. The standard InChI is InChI=1S/C9H16O5/c1-5(2)9(14)7(11)3-6(10)4-8(12)13/h5-7,10-11H,3-4H2,1-2H3,(H,12,13)/t6-,7+/m1/s1. The lowest BCUT2D eigenvalue weighted by Gasteiger charge is -2.14. The number of aliphatic carboxylic acids is 1. The Morgan fingerprint density at radius 3 is 2.07 bits per heavy atom. The summed E-state index contributed by atoms with van der Waals surface area (Å²) in [6.07, 6.45) is -3.12. The van der Waals surface area contributed by atoms with Gasteiger partial charge in [0.25, 0.3) is 0 Å². The number of carbonyl (C=O) groups is 2. The second kappa shape index (κ2) is 5.72. The molecule has 0 aromatic heterocycles. The van der Waals surface area contributed by atoms with E-state index in [1.807, 2.05) is 0 Å². The van der Waals surface area contributed by atoms with Crippen molar-refractivity contribution in [3.63, 3.8) is 0 Å². The summed E-state index contributed by atoms with van der Waals surface area (Å²) in [4.78, 5) is 21.3. The van der Waals surface area contributed by atoms with Crippen molar-refractivity contribution < 1.29 is 24.9 Å². The molecule has 0 spiro atoms. The normalized spacial score (nSPS) is 15.2. The Morgan fingerprint density at radius 2 is 1.71 bits per heavy atom. The van der Waals surface area contributed by atoms with Crippen molar-refractivity contribution in [2.24, 2.45) is 5.92 Å². The van der Waals surface area contributed by atoms with Gasteiger partial charge in [-0.3, -0.25) is 9.59 Å². The van der Waals surface area contributed by atoms with E-state index < -0.39 is 24.6 Å². The number of carbonyl (C=O) groups excluding carboxylic acids is 1. The van der Waals surface area contributed by atoms with Crippen LogP contribution in [0.5, 0.6) is 0 Å². The van der Waals surface area contributed by atoms with Crippen molar-refractivity contribution in [3.05, 3.63) is 0 Å². The molecule has 0 rings (SSSR count). The predicted octanol–water partition coefficient (Wildman–Crippen LogP) is -0.202. The fraction of sp³-hybridized carbons (Fsp3) is 0.778. The molecule has 0 aromatic carbocycles. The van der Waals surface area contributed by atoms with E-state index in [2.05, 4.69) is 0 Å². The SMILES string of the molecule is CC(C)C(=O)[C@@H](O)C[C@@H](O)CC(=O)O. The van der Waals surface area contributed by atoms with Gasteiger partial charge in [-0.15, -0.1) is 0 Å². The molecule has 0 aliphatic rings. The predicted molar refractivity (Wildman–Crippen MR) is 48.7 cm³/mol. The van der Waals surface area contributed by atoms with Crippen molar-refractivity contribution in [2.75, 3.05) is 0 Å². The molecule has 0 heterocycles. The van der Waals surface area contributed by atoms with Gasteiger partial charge in [-0.2, -0.15) is 0 Å². The number of carboxylic acid groups (broad SMARTS) is 1. The monoisotopic (exact) mass is 204 g/mol. The molecule has 0 bridgehead atoms. The van der Waals surface area contributed by atoms with Crippen molar-refractivity contribution in [1.82, 2.24) is 0 Å². The number of Topliss-reactive ketones (excluding diaryl/α,β-unsaturated/α-hetero) is 1. The third-order valence-corrected chi connectivity index (χ3v) is 1.80. The highest BCUT2D eigenvalue weighted by atomic mass is 16.4. The highest BCUT2D eigenvalue weighted by Gasteiger charge is 2.22. The average molecular weight is 204 g/mol. The molecular weight excluding hydrogens is 188 g/mol. The van der Waals surface area contributed by atoms with Crippen LogP contribution in [0.15, 0.2) is 0 Å². The first kappa shape index (κ1) is 13.1. The highest BCUT2D eigenvalue weighted by molar-refractivity contribution is 5.84. The van der Waals surface area contributed by atoms with Crippen LogP contribution in [0.25, 0.3) is 0 Å². The first-order chi connectivity index (χ1) is 6.34. The smallest absolute Gasteiger partial charge is 0.305 e. The van der Waals surface area contributed by atoms with E-state index in [9.17, 15) is 14.7 Å². The first-order valence-electron chi connectivity index (χ1n) is 4.46. The van der Waals surface area contributed by atoms with Crippen molar-refractivity contribution in [3.8, 4) is 0 Å².